The van der Waals surface area contributed by atoms with Crippen molar-refractivity contribution in [2.75, 3.05) is 31.1 Å². The molecule has 1 heterocycles. The van der Waals surface area contributed by atoms with Crippen molar-refractivity contribution in [1.82, 2.24) is 4.90 Å². The molecule has 1 aromatic carbocycles. The van der Waals surface area contributed by atoms with E-state index in [1.165, 1.54) is 17.1 Å². The van der Waals surface area contributed by atoms with Crippen LogP contribution in [-0.2, 0) is 0 Å². The Morgan fingerprint density at radius 1 is 1.41 bits per heavy atom. The molecule has 2 N–H and O–H groups in total. The second-order valence-electron chi connectivity index (χ2n) is 4.41. The second kappa shape index (κ2) is 6.10. The Hall–Kier alpha value is -0.220. The van der Waals surface area contributed by atoms with Gasteiger partial charge in [-0.3, -0.25) is 4.90 Å². The Kier molecular flexibility index (Phi) is 4.74. The molecule has 1 aromatic rings. The smallest absolute Gasteiger partial charge is 0.0471 e. The van der Waals surface area contributed by atoms with Crippen LogP contribution < -0.4 is 5.73 Å². The molecule has 1 aliphatic rings. The summed E-state index contributed by atoms with van der Waals surface area (Å²) in [5.41, 5.74) is 8.30. The van der Waals surface area contributed by atoms with Gasteiger partial charge in [0, 0.05) is 42.2 Å². The maximum Gasteiger partial charge on any atom is 0.0471 e. The van der Waals surface area contributed by atoms with E-state index in [9.17, 15) is 0 Å². The number of halogens is 1. The molecule has 4 heteroatoms. The number of aryl methyl sites for hydroxylation is 1. The normalized spacial score (nSPS) is 19.2. The first kappa shape index (κ1) is 13.2. The van der Waals surface area contributed by atoms with E-state index in [1.54, 1.807) is 0 Å². The summed E-state index contributed by atoms with van der Waals surface area (Å²) in [4.78, 5) is 2.47. The monoisotopic (exact) mass is 270 g/mol. The van der Waals surface area contributed by atoms with Crippen LogP contribution in [0.1, 0.15) is 17.2 Å². The first-order valence-corrected chi connectivity index (χ1v) is 7.53. The van der Waals surface area contributed by atoms with Gasteiger partial charge >= 0.3 is 0 Å². The van der Waals surface area contributed by atoms with E-state index in [0.717, 1.165) is 23.7 Å². The molecule has 17 heavy (non-hydrogen) atoms. The highest BCUT2D eigenvalue weighted by atomic mass is 35.5. The number of hydrogen-bond acceptors (Lipinski definition) is 3. The summed E-state index contributed by atoms with van der Waals surface area (Å²) < 4.78 is 0. The Morgan fingerprint density at radius 2 is 2.12 bits per heavy atom. The summed E-state index contributed by atoms with van der Waals surface area (Å²) in [5.74, 6) is 2.41. The third-order valence-corrected chi connectivity index (χ3v) is 4.64. The summed E-state index contributed by atoms with van der Waals surface area (Å²) in [6, 6.07) is 6.62. The van der Waals surface area contributed by atoms with E-state index in [2.05, 4.69) is 23.1 Å². The summed E-state index contributed by atoms with van der Waals surface area (Å²) >= 11 is 8.21. The number of nitrogens with zero attached hydrogens (tertiary/aromatic N) is 1. The molecule has 0 radical (unpaired) electrons. The van der Waals surface area contributed by atoms with Gasteiger partial charge in [-0.2, -0.15) is 11.8 Å². The molecule has 1 atom stereocenters. The van der Waals surface area contributed by atoms with Crippen LogP contribution in [0, 0.1) is 6.92 Å². The van der Waals surface area contributed by atoms with E-state index < -0.39 is 0 Å². The zero-order valence-corrected chi connectivity index (χ0v) is 11.7. The van der Waals surface area contributed by atoms with E-state index in [4.69, 9.17) is 17.3 Å². The average Bonchev–Trinajstić information content (AvgIpc) is 2.36. The van der Waals surface area contributed by atoms with Crippen molar-refractivity contribution < 1.29 is 0 Å². The maximum absolute atomic E-state index is 6.19. The van der Waals surface area contributed by atoms with Crippen LogP contribution >= 0.6 is 23.4 Å². The third-order valence-electron chi connectivity index (χ3n) is 3.29. The highest BCUT2D eigenvalue weighted by Crippen LogP contribution is 2.26. The van der Waals surface area contributed by atoms with Crippen LogP contribution in [0.5, 0.6) is 0 Å². The number of benzene rings is 1. The van der Waals surface area contributed by atoms with Crippen molar-refractivity contribution in [3.05, 3.63) is 34.3 Å². The second-order valence-corrected chi connectivity index (χ2v) is 6.04. The fourth-order valence-electron chi connectivity index (χ4n) is 2.20. The predicted octanol–water partition coefficient (Wildman–Crippen LogP) is 2.70. The van der Waals surface area contributed by atoms with Gasteiger partial charge in [0.05, 0.1) is 0 Å². The summed E-state index contributed by atoms with van der Waals surface area (Å²) in [7, 11) is 0. The van der Waals surface area contributed by atoms with Crippen LogP contribution in [0.15, 0.2) is 18.2 Å². The lowest BCUT2D eigenvalue weighted by molar-refractivity contribution is 0.223. The van der Waals surface area contributed by atoms with Crippen LogP contribution in [-0.4, -0.2) is 36.0 Å². The number of thioether (sulfide) groups is 1. The number of nitrogens with two attached hydrogens (primary N) is 1. The molecule has 94 valence electrons. The summed E-state index contributed by atoms with van der Waals surface area (Å²) in [5, 5.41) is 0.840. The molecule has 0 amide bonds. The molecule has 0 spiro atoms. The fourth-order valence-corrected chi connectivity index (χ4v) is 3.32. The standard InChI is InChI=1S/C13H19ClN2S/c1-10-2-3-11(8-12(10)14)13(9-15)16-4-6-17-7-5-16/h2-3,8,13H,4-7,9,15H2,1H3. The molecular weight excluding hydrogens is 252 g/mol. The van der Waals surface area contributed by atoms with Gasteiger partial charge in [-0.15, -0.1) is 0 Å². The largest absolute Gasteiger partial charge is 0.329 e. The Balaban J connectivity index is 2.18. The highest BCUT2D eigenvalue weighted by molar-refractivity contribution is 7.99. The summed E-state index contributed by atoms with van der Waals surface area (Å²) in [6.45, 7) is 4.93. The molecule has 1 fully saturated rings. The quantitative estimate of drug-likeness (QED) is 0.916. The maximum atomic E-state index is 6.19. The van der Waals surface area contributed by atoms with E-state index in [0.29, 0.717) is 12.6 Å². The zero-order valence-electron chi connectivity index (χ0n) is 10.2. The first-order chi connectivity index (χ1) is 8.22. The van der Waals surface area contributed by atoms with Gasteiger partial charge in [0.1, 0.15) is 0 Å². The van der Waals surface area contributed by atoms with E-state index >= 15 is 0 Å². The molecule has 1 saturated heterocycles. The van der Waals surface area contributed by atoms with Crippen molar-refractivity contribution in [1.29, 1.82) is 0 Å². The van der Waals surface area contributed by atoms with Crippen LogP contribution in [0.4, 0.5) is 0 Å². The molecule has 2 rings (SSSR count). The SMILES string of the molecule is Cc1ccc(C(CN)N2CCSCC2)cc1Cl. The minimum Gasteiger partial charge on any atom is -0.329 e. The third kappa shape index (κ3) is 3.16. The van der Waals surface area contributed by atoms with Crippen LogP contribution in [0.25, 0.3) is 0 Å². The van der Waals surface area contributed by atoms with Crippen molar-refractivity contribution in [3.8, 4) is 0 Å². The lowest BCUT2D eigenvalue weighted by Crippen LogP contribution is -2.39. The minimum absolute atomic E-state index is 0.314. The first-order valence-electron chi connectivity index (χ1n) is 6.00. The van der Waals surface area contributed by atoms with Gasteiger partial charge in [-0.1, -0.05) is 23.7 Å². The fraction of sp³-hybridized carbons (Fsp3) is 0.538. The van der Waals surface area contributed by atoms with Crippen molar-refractivity contribution in [2.45, 2.75) is 13.0 Å². The van der Waals surface area contributed by atoms with Gasteiger partial charge in [-0.05, 0) is 24.1 Å². The van der Waals surface area contributed by atoms with Gasteiger partial charge in [-0.25, -0.2) is 0 Å². The van der Waals surface area contributed by atoms with E-state index in [-0.39, 0.29) is 0 Å². The zero-order chi connectivity index (χ0) is 12.3. The van der Waals surface area contributed by atoms with Gasteiger partial charge in [0.15, 0.2) is 0 Å². The molecule has 0 saturated carbocycles. The Bertz CT molecular complexity index is 378. The number of hydrogen-bond donors (Lipinski definition) is 1. The highest BCUT2D eigenvalue weighted by Gasteiger charge is 2.21. The molecule has 2 nitrogen and oxygen atoms in total. The van der Waals surface area contributed by atoms with Crippen LogP contribution in [0.2, 0.25) is 5.02 Å². The average molecular weight is 271 g/mol. The van der Waals surface area contributed by atoms with Crippen molar-refractivity contribution in [2.24, 2.45) is 5.73 Å². The number of rotatable bonds is 3. The van der Waals surface area contributed by atoms with Gasteiger partial charge < -0.3 is 5.73 Å². The molecule has 1 unspecified atom stereocenters. The Labute approximate surface area is 113 Å². The van der Waals surface area contributed by atoms with Crippen LogP contribution in [0.3, 0.4) is 0 Å². The van der Waals surface area contributed by atoms with E-state index in [1.807, 2.05) is 18.7 Å². The van der Waals surface area contributed by atoms with Gasteiger partial charge in [0.2, 0.25) is 0 Å². The lowest BCUT2D eigenvalue weighted by atomic mass is 10.0. The van der Waals surface area contributed by atoms with Crippen molar-refractivity contribution in [3.63, 3.8) is 0 Å². The molecule has 0 aliphatic carbocycles. The molecule has 0 bridgehead atoms. The lowest BCUT2D eigenvalue weighted by Gasteiger charge is -2.34. The molecule has 0 aromatic heterocycles. The Morgan fingerprint density at radius 3 is 2.71 bits per heavy atom. The predicted molar refractivity (Wildman–Crippen MR) is 76.9 cm³/mol. The topological polar surface area (TPSA) is 29.3 Å². The van der Waals surface area contributed by atoms with Crippen molar-refractivity contribution >= 4 is 23.4 Å². The van der Waals surface area contributed by atoms with Gasteiger partial charge in [0.25, 0.3) is 0 Å². The minimum atomic E-state index is 0.314. The molecular formula is C13H19ClN2S. The molecule has 1 aliphatic heterocycles. The summed E-state index contributed by atoms with van der Waals surface area (Å²) in [6.07, 6.45) is 0.